The third-order valence-electron chi connectivity index (χ3n) is 6.05. The number of methoxy groups -OCH3 is 1. The van der Waals surface area contributed by atoms with Gasteiger partial charge in [0.05, 0.1) is 31.5 Å². The van der Waals surface area contributed by atoms with Gasteiger partial charge < -0.3 is 24.7 Å². The summed E-state index contributed by atoms with van der Waals surface area (Å²) < 4.78 is 21.3. The topological polar surface area (TPSA) is 131 Å². The Balaban J connectivity index is 3.26. The fourth-order valence-corrected chi connectivity index (χ4v) is 3.68. The molecule has 1 aromatic carbocycles. The summed E-state index contributed by atoms with van der Waals surface area (Å²) in [6, 6.07) is 4.70. The molecule has 1 aromatic rings. The van der Waals surface area contributed by atoms with Crippen molar-refractivity contribution in [1.29, 1.82) is 0 Å². The predicted molar refractivity (Wildman–Crippen MR) is 139 cm³/mol. The van der Waals surface area contributed by atoms with Crippen LogP contribution in [0.3, 0.4) is 0 Å². The first kappa shape index (κ1) is 32.1. The molecule has 9 nitrogen and oxygen atoms in total. The van der Waals surface area contributed by atoms with Gasteiger partial charge in [-0.3, -0.25) is 19.2 Å². The molecule has 0 bridgehead atoms. The average Bonchev–Trinajstić information content (AvgIpc) is 2.84. The SMILES string of the molecule is CCCC(C)C(=O)Oc1ccc(CC(N)(CCOC(=O)C(C)C)C(=O)OC)cc1OC(=O)C(C)CCC. The van der Waals surface area contributed by atoms with Crippen molar-refractivity contribution in [2.24, 2.45) is 23.5 Å². The Morgan fingerprint density at radius 1 is 0.865 bits per heavy atom. The van der Waals surface area contributed by atoms with Gasteiger partial charge in [0.1, 0.15) is 5.54 Å². The van der Waals surface area contributed by atoms with Gasteiger partial charge in [0.25, 0.3) is 0 Å². The van der Waals surface area contributed by atoms with E-state index in [4.69, 9.17) is 24.7 Å². The van der Waals surface area contributed by atoms with Gasteiger partial charge in [-0.15, -0.1) is 0 Å². The van der Waals surface area contributed by atoms with Crippen LogP contribution in [0.1, 0.15) is 79.2 Å². The monoisotopic (exact) mass is 521 g/mol. The maximum Gasteiger partial charge on any atom is 0.326 e. The Morgan fingerprint density at radius 2 is 1.41 bits per heavy atom. The summed E-state index contributed by atoms with van der Waals surface area (Å²) in [6.07, 6.45) is 2.97. The lowest BCUT2D eigenvalue weighted by molar-refractivity contribution is -0.152. The molecule has 3 atom stereocenters. The van der Waals surface area contributed by atoms with Crippen molar-refractivity contribution in [3.63, 3.8) is 0 Å². The molecule has 3 unspecified atom stereocenters. The number of carbonyl (C=O) groups is 4. The molecular weight excluding hydrogens is 478 g/mol. The number of nitrogens with two attached hydrogens (primary N) is 1. The molecule has 0 amide bonds. The number of carbonyl (C=O) groups excluding carboxylic acids is 4. The van der Waals surface area contributed by atoms with Crippen molar-refractivity contribution >= 4 is 23.9 Å². The largest absolute Gasteiger partial charge is 0.468 e. The lowest BCUT2D eigenvalue weighted by Gasteiger charge is -2.27. The zero-order chi connectivity index (χ0) is 28.2. The van der Waals surface area contributed by atoms with Crippen LogP contribution >= 0.6 is 0 Å². The van der Waals surface area contributed by atoms with Crippen LogP contribution in [0.4, 0.5) is 0 Å². The van der Waals surface area contributed by atoms with Crippen LogP contribution in [0.15, 0.2) is 18.2 Å². The smallest absolute Gasteiger partial charge is 0.326 e. The number of esters is 4. The minimum Gasteiger partial charge on any atom is -0.468 e. The lowest BCUT2D eigenvalue weighted by atomic mass is 9.88. The van der Waals surface area contributed by atoms with Crippen LogP contribution in [0.25, 0.3) is 0 Å². The van der Waals surface area contributed by atoms with Gasteiger partial charge in [-0.1, -0.05) is 60.5 Å². The minimum atomic E-state index is -1.50. The van der Waals surface area contributed by atoms with E-state index in [0.717, 1.165) is 12.8 Å². The van der Waals surface area contributed by atoms with Crippen LogP contribution in [-0.2, 0) is 35.1 Å². The van der Waals surface area contributed by atoms with E-state index in [1.54, 1.807) is 33.8 Å². The summed E-state index contributed by atoms with van der Waals surface area (Å²) in [4.78, 5) is 49.6. The van der Waals surface area contributed by atoms with Crippen LogP contribution in [0.2, 0.25) is 0 Å². The number of ether oxygens (including phenoxy) is 4. The van der Waals surface area contributed by atoms with E-state index in [1.807, 2.05) is 13.8 Å². The van der Waals surface area contributed by atoms with E-state index in [1.165, 1.54) is 19.2 Å². The zero-order valence-electron chi connectivity index (χ0n) is 23.3. The van der Waals surface area contributed by atoms with Gasteiger partial charge in [0, 0.05) is 12.8 Å². The highest BCUT2D eigenvalue weighted by Gasteiger charge is 2.36. The van der Waals surface area contributed by atoms with E-state index in [-0.39, 0.29) is 48.7 Å². The first-order valence-electron chi connectivity index (χ1n) is 13.0. The molecule has 1 rings (SSSR count). The van der Waals surface area contributed by atoms with Crippen molar-refractivity contribution in [3.05, 3.63) is 23.8 Å². The predicted octanol–water partition coefficient (Wildman–Crippen LogP) is 4.37. The third kappa shape index (κ3) is 10.1. The van der Waals surface area contributed by atoms with E-state index in [2.05, 4.69) is 0 Å². The second kappa shape index (κ2) is 15.3. The van der Waals surface area contributed by atoms with Crippen molar-refractivity contribution in [2.75, 3.05) is 13.7 Å². The summed E-state index contributed by atoms with van der Waals surface area (Å²) in [5.74, 6) is -2.76. The molecule has 9 heteroatoms. The quantitative estimate of drug-likeness (QED) is 0.264. The molecule has 0 spiro atoms. The molecule has 0 radical (unpaired) electrons. The molecule has 0 aromatic heterocycles. The van der Waals surface area contributed by atoms with Crippen molar-refractivity contribution < 1.29 is 38.1 Å². The first-order chi connectivity index (χ1) is 17.4. The molecule has 0 aliphatic rings. The normalized spacial score (nSPS) is 14.3. The molecule has 0 saturated carbocycles. The summed E-state index contributed by atoms with van der Waals surface area (Å²) >= 11 is 0. The van der Waals surface area contributed by atoms with E-state index in [9.17, 15) is 19.2 Å². The van der Waals surface area contributed by atoms with Crippen LogP contribution in [0, 0.1) is 17.8 Å². The maximum absolute atomic E-state index is 12.7. The van der Waals surface area contributed by atoms with Gasteiger partial charge in [0.2, 0.25) is 0 Å². The Bertz CT molecular complexity index is 929. The lowest BCUT2D eigenvalue weighted by Crippen LogP contribution is -2.51. The highest BCUT2D eigenvalue weighted by atomic mass is 16.6. The summed E-state index contributed by atoms with van der Waals surface area (Å²) in [6.45, 7) is 10.8. The van der Waals surface area contributed by atoms with Crippen LogP contribution in [0.5, 0.6) is 11.5 Å². The summed E-state index contributed by atoms with van der Waals surface area (Å²) in [5, 5.41) is 0. The van der Waals surface area contributed by atoms with E-state index >= 15 is 0 Å². The summed E-state index contributed by atoms with van der Waals surface area (Å²) in [5.41, 5.74) is 5.47. The second-order valence-electron chi connectivity index (χ2n) is 9.90. The number of benzene rings is 1. The molecule has 0 aliphatic heterocycles. The molecule has 37 heavy (non-hydrogen) atoms. The second-order valence-corrected chi connectivity index (χ2v) is 9.90. The van der Waals surface area contributed by atoms with Crippen LogP contribution in [-0.4, -0.2) is 43.1 Å². The van der Waals surface area contributed by atoms with Gasteiger partial charge in [-0.2, -0.15) is 0 Å². The Hall–Kier alpha value is -2.94. The zero-order valence-corrected chi connectivity index (χ0v) is 23.3. The van der Waals surface area contributed by atoms with Gasteiger partial charge >= 0.3 is 23.9 Å². The molecule has 2 N–H and O–H groups in total. The molecule has 0 heterocycles. The minimum absolute atomic E-state index is 0.00836. The Labute approximate surface area is 220 Å². The highest BCUT2D eigenvalue weighted by molar-refractivity contribution is 5.81. The van der Waals surface area contributed by atoms with Crippen molar-refractivity contribution in [1.82, 2.24) is 0 Å². The summed E-state index contributed by atoms with van der Waals surface area (Å²) in [7, 11) is 1.23. The highest BCUT2D eigenvalue weighted by Crippen LogP contribution is 2.32. The Morgan fingerprint density at radius 3 is 1.89 bits per heavy atom. The van der Waals surface area contributed by atoms with E-state index < -0.39 is 29.4 Å². The standard InChI is InChI=1S/C28H43NO8/c1-8-10-19(5)25(31)36-22-13-12-21(16-23(22)37-26(32)20(6)11-9-2)17-28(29,27(33)34-7)14-15-35-24(30)18(3)4/h12-13,16,18-20H,8-11,14-15,17,29H2,1-7H3. The van der Waals surface area contributed by atoms with Crippen molar-refractivity contribution in [2.45, 2.75) is 85.6 Å². The van der Waals surface area contributed by atoms with Gasteiger partial charge in [-0.05, 0) is 30.5 Å². The number of hydrogen-bond donors (Lipinski definition) is 1. The van der Waals surface area contributed by atoms with Crippen LogP contribution < -0.4 is 15.2 Å². The molecule has 0 aliphatic carbocycles. The molecular formula is C28H43NO8. The Kier molecular flexibility index (Phi) is 13.3. The number of hydrogen-bond acceptors (Lipinski definition) is 9. The average molecular weight is 522 g/mol. The van der Waals surface area contributed by atoms with Gasteiger partial charge in [0.15, 0.2) is 11.5 Å². The molecule has 0 saturated heterocycles. The van der Waals surface area contributed by atoms with Gasteiger partial charge in [-0.25, -0.2) is 0 Å². The maximum atomic E-state index is 12.7. The van der Waals surface area contributed by atoms with E-state index in [0.29, 0.717) is 18.4 Å². The fourth-order valence-electron chi connectivity index (χ4n) is 3.68. The molecule has 208 valence electrons. The fraction of sp³-hybridized carbons (Fsp3) is 0.643. The first-order valence-corrected chi connectivity index (χ1v) is 13.0. The molecule has 0 fully saturated rings. The van der Waals surface area contributed by atoms with Crippen molar-refractivity contribution in [3.8, 4) is 11.5 Å². The number of rotatable bonds is 15. The third-order valence-corrected chi connectivity index (χ3v) is 6.05.